The molecular weight excluding hydrogens is 659 g/mol. The van der Waals surface area contributed by atoms with Crippen molar-refractivity contribution in [3.8, 4) is 22.6 Å². The molecule has 1 aliphatic carbocycles. The van der Waals surface area contributed by atoms with Gasteiger partial charge in [0.25, 0.3) is 0 Å². The number of fused-ring (bicyclic) bond motifs is 16. The molecule has 0 radical (unpaired) electrons. The maximum absolute atomic E-state index is 6.67. The van der Waals surface area contributed by atoms with E-state index in [2.05, 4.69) is 193 Å². The summed E-state index contributed by atoms with van der Waals surface area (Å²) < 4.78 is 9.16. The normalized spacial score (nSPS) is 17.2. The van der Waals surface area contributed by atoms with E-state index in [1.165, 1.54) is 43.8 Å². The maximum atomic E-state index is 6.67. The van der Waals surface area contributed by atoms with E-state index in [1.54, 1.807) is 0 Å². The summed E-state index contributed by atoms with van der Waals surface area (Å²) in [7, 11) is 0. The molecule has 0 bridgehead atoms. The summed E-state index contributed by atoms with van der Waals surface area (Å²) in [5.41, 5.74) is 13.2. The number of nitrogens with zero attached hydrogens (tertiary/aromatic N) is 2. The van der Waals surface area contributed by atoms with Crippen molar-refractivity contribution in [1.82, 2.24) is 4.57 Å². The van der Waals surface area contributed by atoms with Crippen molar-refractivity contribution in [2.45, 2.75) is 18.1 Å². The van der Waals surface area contributed by atoms with E-state index < -0.39 is 11.2 Å². The van der Waals surface area contributed by atoms with Crippen LogP contribution in [0.4, 0.5) is 5.69 Å². The van der Waals surface area contributed by atoms with Gasteiger partial charge in [0, 0.05) is 44.3 Å². The van der Waals surface area contributed by atoms with Crippen molar-refractivity contribution in [2.75, 3.05) is 5.32 Å². The zero-order valence-corrected chi connectivity index (χ0v) is 29.5. The first-order valence-electron chi connectivity index (χ1n) is 18.6. The molecule has 1 spiro atoms. The SMILES string of the molecule is CC1(n2c3ccc4ccccc4c3c3ccc4c(c32)-c2ccccc2C42c3ccccc3Oc3ccccc32)N=C(c2ccccc2)c2ccccc2N1. The molecule has 1 aromatic heterocycles. The standard InChI is InChI=1S/C50H33N3O/c1-49(51-41-24-12-8-20-35(41)47(52-49)32-16-3-2-4-17-32)53-42-30-27-31-15-5-6-18-33(31)45(42)36-28-29-40-46(48(36)53)34-19-7-9-21-37(34)50(40)38-22-10-13-25-43(38)54-44-26-14-11-23-39(44)50/h2-30,51H,1H3. The van der Waals surface area contributed by atoms with Crippen molar-refractivity contribution in [1.29, 1.82) is 0 Å². The topological polar surface area (TPSA) is 38.5 Å². The largest absolute Gasteiger partial charge is 0.457 e. The first-order valence-corrected chi connectivity index (χ1v) is 18.6. The maximum Gasteiger partial charge on any atom is 0.209 e. The Balaban J connectivity index is 1.28. The molecule has 3 aliphatic rings. The van der Waals surface area contributed by atoms with Crippen LogP contribution < -0.4 is 10.1 Å². The van der Waals surface area contributed by atoms with Gasteiger partial charge in [0.1, 0.15) is 11.5 Å². The molecule has 1 unspecified atom stereocenters. The Hall–Kier alpha value is -6.91. The molecule has 54 heavy (non-hydrogen) atoms. The van der Waals surface area contributed by atoms with Crippen molar-refractivity contribution in [3.05, 3.63) is 209 Å². The zero-order chi connectivity index (χ0) is 35.6. The van der Waals surface area contributed by atoms with Gasteiger partial charge in [0.05, 0.1) is 22.2 Å². The molecule has 254 valence electrons. The van der Waals surface area contributed by atoms with E-state index in [0.717, 1.165) is 56.2 Å². The van der Waals surface area contributed by atoms with Crippen molar-refractivity contribution < 1.29 is 4.74 Å². The van der Waals surface area contributed by atoms with Gasteiger partial charge in [-0.3, -0.25) is 4.57 Å². The van der Waals surface area contributed by atoms with E-state index in [-0.39, 0.29) is 0 Å². The summed E-state index contributed by atoms with van der Waals surface area (Å²) >= 11 is 0. The van der Waals surface area contributed by atoms with Gasteiger partial charge < -0.3 is 10.1 Å². The van der Waals surface area contributed by atoms with E-state index in [1.807, 2.05) is 0 Å². The molecule has 12 rings (SSSR count). The zero-order valence-electron chi connectivity index (χ0n) is 29.5. The molecule has 0 amide bonds. The number of ether oxygens (including phenoxy) is 1. The van der Waals surface area contributed by atoms with Crippen LogP contribution >= 0.6 is 0 Å². The van der Waals surface area contributed by atoms with Crippen LogP contribution in [0.15, 0.2) is 181 Å². The monoisotopic (exact) mass is 691 g/mol. The molecule has 8 aromatic carbocycles. The fourth-order valence-electron chi connectivity index (χ4n) is 9.94. The third-order valence-electron chi connectivity index (χ3n) is 12.0. The fraction of sp³-hybridized carbons (Fsp3) is 0.0600. The van der Waals surface area contributed by atoms with Crippen LogP contribution in [0.25, 0.3) is 43.7 Å². The highest BCUT2D eigenvalue weighted by Crippen LogP contribution is 2.63. The first kappa shape index (κ1) is 29.6. The molecule has 1 atom stereocenters. The fourth-order valence-corrected chi connectivity index (χ4v) is 9.94. The number of nitrogens with one attached hydrogen (secondary N) is 1. The summed E-state index contributed by atoms with van der Waals surface area (Å²) in [5.74, 6) is 0.882. The number of para-hydroxylation sites is 3. The lowest BCUT2D eigenvalue weighted by molar-refractivity contribution is 0.413. The van der Waals surface area contributed by atoms with Crippen LogP contribution in [0.3, 0.4) is 0 Å². The second kappa shape index (κ2) is 10.6. The van der Waals surface area contributed by atoms with Crippen LogP contribution in [0.1, 0.15) is 40.3 Å². The predicted octanol–water partition coefficient (Wildman–Crippen LogP) is 12.0. The second-order valence-electron chi connectivity index (χ2n) is 14.8. The van der Waals surface area contributed by atoms with Crippen LogP contribution in [-0.4, -0.2) is 10.3 Å². The molecule has 2 aliphatic heterocycles. The van der Waals surface area contributed by atoms with Crippen LogP contribution in [0.5, 0.6) is 11.5 Å². The molecule has 1 N–H and O–H groups in total. The molecule has 0 fully saturated rings. The minimum Gasteiger partial charge on any atom is -0.457 e. The highest BCUT2D eigenvalue weighted by molar-refractivity contribution is 6.24. The summed E-state index contributed by atoms with van der Waals surface area (Å²) in [5, 5.41) is 8.87. The molecule has 0 saturated heterocycles. The van der Waals surface area contributed by atoms with Gasteiger partial charge in [0.2, 0.25) is 5.79 Å². The van der Waals surface area contributed by atoms with Gasteiger partial charge in [-0.15, -0.1) is 0 Å². The van der Waals surface area contributed by atoms with Gasteiger partial charge in [-0.1, -0.05) is 152 Å². The van der Waals surface area contributed by atoms with Gasteiger partial charge in [-0.05, 0) is 58.7 Å². The molecule has 4 heteroatoms. The van der Waals surface area contributed by atoms with Gasteiger partial charge in [-0.25, -0.2) is 4.99 Å². The smallest absolute Gasteiger partial charge is 0.209 e. The third-order valence-corrected chi connectivity index (χ3v) is 12.0. The Morgan fingerprint density at radius 2 is 1.19 bits per heavy atom. The number of benzene rings is 8. The van der Waals surface area contributed by atoms with Crippen molar-refractivity contribution >= 4 is 44.0 Å². The van der Waals surface area contributed by atoms with Gasteiger partial charge >= 0.3 is 0 Å². The number of hydrogen-bond acceptors (Lipinski definition) is 3. The van der Waals surface area contributed by atoms with Crippen LogP contribution in [0.2, 0.25) is 0 Å². The highest BCUT2D eigenvalue weighted by Gasteiger charge is 2.52. The quantitative estimate of drug-likeness (QED) is 0.196. The number of hydrogen-bond donors (Lipinski definition) is 1. The number of anilines is 1. The molecule has 9 aromatic rings. The Labute approximate surface area is 312 Å². The lowest BCUT2D eigenvalue weighted by Gasteiger charge is -2.39. The molecular formula is C50H33N3O. The van der Waals surface area contributed by atoms with Crippen molar-refractivity contribution in [2.24, 2.45) is 4.99 Å². The van der Waals surface area contributed by atoms with E-state index in [0.29, 0.717) is 0 Å². The van der Waals surface area contributed by atoms with Crippen molar-refractivity contribution in [3.63, 3.8) is 0 Å². The predicted molar refractivity (Wildman–Crippen MR) is 220 cm³/mol. The highest BCUT2D eigenvalue weighted by atomic mass is 16.5. The Bertz CT molecular complexity index is 3040. The average molecular weight is 692 g/mol. The Morgan fingerprint density at radius 1 is 0.537 bits per heavy atom. The second-order valence-corrected chi connectivity index (χ2v) is 14.8. The number of rotatable bonds is 2. The van der Waals surface area contributed by atoms with Crippen LogP contribution in [0, 0.1) is 0 Å². The van der Waals surface area contributed by atoms with Gasteiger partial charge in [-0.2, -0.15) is 0 Å². The summed E-state index contributed by atoms with van der Waals surface area (Å²) in [4.78, 5) is 5.75. The summed E-state index contributed by atoms with van der Waals surface area (Å²) in [6, 6.07) is 63.4. The average Bonchev–Trinajstić information content (AvgIpc) is 3.73. The Morgan fingerprint density at radius 3 is 1.98 bits per heavy atom. The lowest BCUT2D eigenvalue weighted by Crippen LogP contribution is -2.41. The van der Waals surface area contributed by atoms with E-state index in [4.69, 9.17) is 9.73 Å². The van der Waals surface area contributed by atoms with Crippen LogP contribution in [-0.2, 0) is 11.2 Å². The first-order chi connectivity index (χ1) is 26.6. The molecule has 4 nitrogen and oxygen atoms in total. The third kappa shape index (κ3) is 3.69. The summed E-state index contributed by atoms with van der Waals surface area (Å²) in [6.07, 6.45) is 0. The Kier molecular flexibility index (Phi) is 5.81. The van der Waals surface area contributed by atoms with E-state index >= 15 is 0 Å². The minimum absolute atomic E-state index is 0.582. The minimum atomic E-state index is -0.896. The molecule has 0 saturated carbocycles. The summed E-state index contributed by atoms with van der Waals surface area (Å²) in [6.45, 7) is 2.23. The van der Waals surface area contributed by atoms with E-state index in [9.17, 15) is 0 Å². The van der Waals surface area contributed by atoms with Gasteiger partial charge in [0.15, 0.2) is 0 Å². The molecule has 3 heterocycles. The lowest BCUT2D eigenvalue weighted by atomic mass is 9.66. The number of aliphatic imine (C=N–C) groups is 1. The number of aromatic nitrogens is 1.